The molecule has 1 heterocycles. The number of rotatable bonds is 2. The van der Waals surface area contributed by atoms with Crippen molar-refractivity contribution >= 4 is 17.3 Å². The van der Waals surface area contributed by atoms with Gasteiger partial charge in [-0.3, -0.25) is 9.48 Å². The highest BCUT2D eigenvalue weighted by molar-refractivity contribution is 6.05. The van der Waals surface area contributed by atoms with E-state index >= 15 is 0 Å². The summed E-state index contributed by atoms with van der Waals surface area (Å²) < 4.78 is 15.0. The minimum Gasteiger partial charge on any atom is -0.396 e. The third-order valence-corrected chi connectivity index (χ3v) is 3.01. The predicted octanol–water partition coefficient (Wildman–Crippen LogP) is 2.01. The lowest BCUT2D eigenvalue weighted by Gasteiger charge is -2.06. The Morgan fingerprint density at radius 3 is 2.63 bits per heavy atom. The normalized spacial score (nSPS) is 10.5. The summed E-state index contributed by atoms with van der Waals surface area (Å²) >= 11 is 0. The zero-order chi connectivity index (χ0) is 14.2. The Kier molecular flexibility index (Phi) is 3.25. The standard InChI is InChI=1S/C13H15FN4O/c1-7-12(8(2)18(3)17-7)16-13(19)9-4-5-11(15)10(14)6-9/h4-6H,15H2,1-3H3,(H,16,19). The molecule has 100 valence electrons. The maximum Gasteiger partial charge on any atom is 0.255 e. The van der Waals surface area contributed by atoms with Gasteiger partial charge in [-0.05, 0) is 32.0 Å². The van der Waals surface area contributed by atoms with Crippen molar-refractivity contribution in [2.24, 2.45) is 7.05 Å². The topological polar surface area (TPSA) is 72.9 Å². The maximum atomic E-state index is 13.3. The van der Waals surface area contributed by atoms with Gasteiger partial charge in [0.05, 0.1) is 22.8 Å². The van der Waals surface area contributed by atoms with Gasteiger partial charge in [-0.25, -0.2) is 4.39 Å². The fraction of sp³-hybridized carbons (Fsp3) is 0.231. The van der Waals surface area contributed by atoms with Gasteiger partial charge in [0.2, 0.25) is 0 Å². The number of carbonyl (C=O) groups is 1. The first-order valence-corrected chi connectivity index (χ1v) is 5.76. The molecule has 3 N–H and O–H groups in total. The average Bonchev–Trinajstić information content (AvgIpc) is 2.59. The molecule has 2 aromatic rings. The summed E-state index contributed by atoms with van der Waals surface area (Å²) in [5.74, 6) is -0.995. The van der Waals surface area contributed by atoms with E-state index in [4.69, 9.17) is 5.73 Å². The molecule has 1 amide bonds. The summed E-state index contributed by atoms with van der Waals surface area (Å²) in [6, 6.07) is 3.97. The van der Waals surface area contributed by atoms with Crippen molar-refractivity contribution in [2.75, 3.05) is 11.1 Å². The number of halogens is 1. The van der Waals surface area contributed by atoms with E-state index in [2.05, 4.69) is 10.4 Å². The third kappa shape index (κ3) is 2.42. The molecule has 0 spiro atoms. The van der Waals surface area contributed by atoms with Crippen LogP contribution in [-0.2, 0) is 7.05 Å². The lowest BCUT2D eigenvalue weighted by Crippen LogP contribution is -2.13. The van der Waals surface area contributed by atoms with E-state index in [-0.39, 0.29) is 11.3 Å². The fourth-order valence-electron chi connectivity index (χ4n) is 1.81. The molecule has 0 bridgehead atoms. The number of hydrogen-bond donors (Lipinski definition) is 2. The molecule has 0 saturated carbocycles. The largest absolute Gasteiger partial charge is 0.396 e. The van der Waals surface area contributed by atoms with Gasteiger partial charge in [0.25, 0.3) is 5.91 Å². The zero-order valence-electron chi connectivity index (χ0n) is 11.0. The number of nitrogens with one attached hydrogen (secondary N) is 1. The number of nitrogens with two attached hydrogens (primary N) is 1. The van der Waals surface area contributed by atoms with Crippen LogP contribution >= 0.6 is 0 Å². The SMILES string of the molecule is Cc1nn(C)c(C)c1NC(=O)c1ccc(N)c(F)c1. The van der Waals surface area contributed by atoms with Crippen LogP contribution in [0.4, 0.5) is 15.8 Å². The molecular weight excluding hydrogens is 247 g/mol. The van der Waals surface area contributed by atoms with Gasteiger partial charge in [0.15, 0.2) is 0 Å². The Labute approximate surface area is 110 Å². The van der Waals surface area contributed by atoms with Gasteiger partial charge >= 0.3 is 0 Å². The first-order valence-electron chi connectivity index (χ1n) is 5.76. The Bertz CT molecular complexity index is 648. The van der Waals surface area contributed by atoms with E-state index in [0.717, 1.165) is 11.8 Å². The van der Waals surface area contributed by atoms with Crippen LogP contribution in [0.3, 0.4) is 0 Å². The number of aryl methyl sites for hydroxylation is 2. The van der Waals surface area contributed by atoms with Crippen molar-refractivity contribution in [1.29, 1.82) is 0 Å². The summed E-state index contributed by atoms with van der Waals surface area (Å²) in [6.45, 7) is 3.64. The average molecular weight is 262 g/mol. The van der Waals surface area contributed by atoms with Gasteiger partial charge in [-0.2, -0.15) is 5.10 Å². The third-order valence-electron chi connectivity index (χ3n) is 3.01. The highest BCUT2D eigenvalue weighted by Gasteiger charge is 2.14. The summed E-state index contributed by atoms with van der Waals surface area (Å²) in [5.41, 5.74) is 7.80. The van der Waals surface area contributed by atoms with E-state index in [1.54, 1.807) is 18.7 Å². The summed E-state index contributed by atoms with van der Waals surface area (Å²) in [4.78, 5) is 12.0. The van der Waals surface area contributed by atoms with Crippen LogP contribution in [0.5, 0.6) is 0 Å². The van der Waals surface area contributed by atoms with Gasteiger partial charge in [-0.15, -0.1) is 0 Å². The minimum atomic E-state index is -0.604. The molecule has 2 rings (SSSR count). The van der Waals surface area contributed by atoms with Crippen LogP contribution < -0.4 is 11.1 Å². The number of hydrogen-bond acceptors (Lipinski definition) is 3. The van der Waals surface area contributed by atoms with E-state index < -0.39 is 11.7 Å². The molecule has 0 saturated heterocycles. The lowest BCUT2D eigenvalue weighted by molar-refractivity contribution is 0.102. The molecule has 0 atom stereocenters. The predicted molar refractivity (Wildman–Crippen MR) is 71.4 cm³/mol. The number of amides is 1. The molecule has 0 radical (unpaired) electrons. The van der Waals surface area contributed by atoms with Crippen LogP contribution in [0.1, 0.15) is 21.7 Å². The number of nitrogen functional groups attached to an aromatic ring is 1. The van der Waals surface area contributed by atoms with E-state index in [1.807, 2.05) is 6.92 Å². The molecule has 0 aliphatic rings. The Hall–Kier alpha value is -2.37. The van der Waals surface area contributed by atoms with E-state index in [1.165, 1.54) is 12.1 Å². The maximum absolute atomic E-state index is 13.3. The number of anilines is 2. The molecular formula is C13H15FN4O. The smallest absolute Gasteiger partial charge is 0.255 e. The molecule has 6 heteroatoms. The van der Waals surface area contributed by atoms with E-state index in [9.17, 15) is 9.18 Å². The van der Waals surface area contributed by atoms with Gasteiger partial charge in [-0.1, -0.05) is 0 Å². The van der Waals surface area contributed by atoms with Crippen LogP contribution in [0.25, 0.3) is 0 Å². The highest BCUT2D eigenvalue weighted by atomic mass is 19.1. The molecule has 0 fully saturated rings. The van der Waals surface area contributed by atoms with Crippen LogP contribution in [0.15, 0.2) is 18.2 Å². The number of nitrogens with zero attached hydrogens (tertiary/aromatic N) is 2. The minimum absolute atomic E-state index is 0.0188. The van der Waals surface area contributed by atoms with Crippen molar-refractivity contribution in [3.8, 4) is 0 Å². The monoisotopic (exact) mass is 262 g/mol. The van der Waals surface area contributed by atoms with Gasteiger partial charge in [0.1, 0.15) is 5.82 Å². The highest BCUT2D eigenvalue weighted by Crippen LogP contribution is 2.20. The molecule has 1 aromatic carbocycles. The Morgan fingerprint density at radius 2 is 2.11 bits per heavy atom. The fourth-order valence-corrected chi connectivity index (χ4v) is 1.81. The quantitative estimate of drug-likeness (QED) is 0.813. The van der Waals surface area contributed by atoms with Crippen molar-refractivity contribution in [3.63, 3.8) is 0 Å². The second kappa shape index (κ2) is 4.72. The van der Waals surface area contributed by atoms with Crippen LogP contribution in [-0.4, -0.2) is 15.7 Å². The summed E-state index contributed by atoms with van der Waals surface area (Å²) in [7, 11) is 1.79. The second-order valence-electron chi connectivity index (χ2n) is 4.36. The summed E-state index contributed by atoms with van der Waals surface area (Å²) in [5, 5.41) is 6.93. The summed E-state index contributed by atoms with van der Waals surface area (Å²) in [6.07, 6.45) is 0. The van der Waals surface area contributed by atoms with Crippen molar-refractivity contribution in [3.05, 3.63) is 41.0 Å². The number of benzene rings is 1. The molecule has 0 aliphatic carbocycles. The first kappa shape index (κ1) is 13.1. The number of aromatic nitrogens is 2. The van der Waals surface area contributed by atoms with Crippen molar-refractivity contribution in [2.45, 2.75) is 13.8 Å². The molecule has 5 nitrogen and oxygen atoms in total. The first-order chi connectivity index (χ1) is 8.90. The second-order valence-corrected chi connectivity index (χ2v) is 4.36. The molecule has 0 unspecified atom stereocenters. The molecule has 1 aromatic heterocycles. The molecule has 0 aliphatic heterocycles. The van der Waals surface area contributed by atoms with Crippen molar-refractivity contribution in [1.82, 2.24) is 9.78 Å². The van der Waals surface area contributed by atoms with Crippen LogP contribution in [0, 0.1) is 19.7 Å². The van der Waals surface area contributed by atoms with Gasteiger partial charge in [0, 0.05) is 12.6 Å². The van der Waals surface area contributed by atoms with Crippen molar-refractivity contribution < 1.29 is 9.18 Å². The van der Waals surface area contributed by atoms with Crippen LogP contribution in [0.2, 0.25) is 0 Å². The Balaban J connectivity index is 2.28. The zero-order valence-corrected chi connectivity index (χ0v) is 11.0. The van der Waals surface area contributed by atoms with Gasteiger partial charge < -0.3 is 11.1 Å². The lowest BCUT2D eigenvalue weighted by atomic mass is 10.2. The molecule has 19 heavy (non-hydrogen) atoms. The Morgan fingerprint density at radius 1 is 1.42 bits per heavy atom. The number of carbonyl (C=O) groups excluding carboxylic acids is 1. The van der Waals surface area contributed by atoms with E-state index in [0.29, 0.717) is 11.4 Å².